The number of hydrogen-bond donors (Lipinski definition) is 2. The topological polar surface area (TPSA) is 72.4 Å². The Morgan fingerprint density at radius 3 is 2.70 bits per heavy atom. The Bertz CT molecular complexity index is 652. The van der Waals surface area contributed by atoms with Gasteiger partial charge in [-0.1, -0.05) is 0 Å². The first-order valence-corrected chi connectivity index (χ1v) is 11.8. The van der Waals surface area contributed by atoms with Crippen LogP contribution in [-0.4, -0.2) is 101 Å². The standard InChI is InChI=1S/C21H36N6O2S/c1-25(2)19(28)17-23-21(22-8-4-9-26-12-14-29-15-13-26)24-18-6-10-27(11-7-18)20-5-3-16-30-20/h3,5,16,18H,4,6-15,17H2,1-2H3,(H2,22,23,24). The molecule has 30 heavy (non-hydrogen) atoms. The van der Waals surface area contributed by atoms with Crippen molar-refractivity contribution in [2.75, 3.05) is 78.0 Å². The minimum Gasteiger partial charge on any atom is -0.379 e. The van der Waals surface area contributed by atoms with Crippen LogP contribution in [-0.2, 0) is 9.53 Å². The fourth-order valence-electron chi connectivity index (χ4n) is 3.66. The Kier molecular flexibility index (Phi) is 9.23. The molecule has 0 saturated carbocycles. The Balaban J connectivity index is 1.45. The molecule has 9 heteroatoms. The number of aliphatic imine (C=N–C) groups is 1. The predicted molar refractivity (Wildman–Crippen MR) is 124 cm³/mol. The lowest BCUT2D eigenvalue weighted by molar-refractivity contribution is -0.127. The fourth-order valence-corrected chi connectivity index (χ4v) is 4.45. The fraction of sp³-hybridized carbons (Fsp3) is 0.714. The van der Waals surface area contributed by atoms with Gasteiger partial charge in [-0.05, 0) is 43.3 Å². The Labute approximate surface area is 184 Å². The summed E-state index contributed by atoms with van der Waals surface area (Å²) in [5.41, 5.74) is 0. The third kappa shape index (κ3) is 7.45. The van der Waals surface area contributed by atoms with Crippen molar-refractivity contribution in [3.8, 4) is 0 Å². The van der Waals surface area contributed by atoms with Crippen molar-refractivity contribution in [2.45, 2.75) is 25.3 Å². The van der Waals surface area contributed by atoms with Crippen LogP contribution in [0.5, 0.6) is 0 Å². The molecule has 1 amide bonds. The van der Waals surface area contributed by atoms with Crippen LogP contribution in [0.1, 0.15) is 19.3 Å². The van der Waals surface area contributed by atoms with E-state index in [1.165, 1.54) is 5.00 Å². The van der Waals surface area contributed by atoms with Crippen LogP contribution < -0.4 is 15.5 Å². The number of nitrogens with zero attached hydrogens (tertiary/aromatic N) is 4. The van der Waals surface area contributed by atoms with Gasteiger partial charge in [0.1, 0.15) is 6.54 Å². The molecule has 0 radical (unpaired) electrons. The third-order valence-corrected chi connectivity index (χ3v) is 6.50. The summed E-state index contributed by atoms with van der Waals surface area (Å²) < 4.78 is 5.41. The minimum atomic E-state index is 0.0110. The second kappa shape index (κ2) is 12.1. The van der Waals surface area contributed by atoms with Gasteiger partial charge >= 0.3 is 0 Å². The maximum atomic E-state index is 12.0. The first kappa shape index (κ1) is 22.8. The molecule has 2 fully saturated rings. The first-order valence-electron chi connectivity index (χ1n) is 11.0. The van der Waals surface area contributed by atoms with Crippen molar-refractivity contribution in [3.05, 3.63) is 17.5 Å². The third-order valence-electron chi connectivity index (χ3n) is 5.57. The summed E-state index contributed by atoms with van der Waals surface area (Å²) >= 11 is 1.80. The number of carbonyl (C=O) groups excluding carboxylic acids is 1. The number of likely N-dealkylation sites (N-methyl/N-ethyl adjacent to an activating group) is 1. The number of anilines is 1. The zero-order valence-electron chi connectivity index (χ0n) is 18.3. The Morgan fingerprint density at radius 2 is 2.03 bits per heavy atom. The SMILES string of the molecule is CN(C)C(=O)CN=C(NCCCN1CCOCC1)NC1CCN(c2cccs2)CC1. The molecule has 3 rings (SSSR count). The highest BCUT2D eigenvalue weighted by molar-refractivity contribution is 7.14. The van der Waals surface area contributed by atoms with Crippen LogP contribution in [0.25, 0.3) is 0 Å². The maximum absolute atomic E-state index is 12.0. The summed E-state index contributed by atoms with van der Waals surface area (Å²) in [7, 11) is 3.53. The molecular formula is C21H36N6O2S. The molecule has 0 unspecified atom stereocenters. The van der Waals surface area contributed by atoms with Crippen molar-refractivity contribution in [3.63, 3.8) is 0 Å². The van der Waals surface area contributed by atoms with E-state index in [1.54, 1.807) is 30.3 Å². The number of hydrogen-bond acceptors (Lipinski definition) is 6. The zero-order chi connectivity index (χ0) is 21.2. The summed E-state index contributed by atoms with van der Waals surface area (Å²) in [6.45, 7) is 7.83. The van der Waals surface area contributed by atoms with E-state index in [0.29, 0.717) is 6.04 Å². The van der Waals surface area contributed by atoms with Gasteiger partial charge in [-0.2, -0.15) is 0 Å². The molecule has 0 aromatic carbocycles. The average Bonchev–Trinajstić information content (AvgIpc) is 3.30. The smallest absolute Gasteiger partial charge is 0.243 e. The second-order valence-corrected chi connectivity index (χ2v) is 8.97. The number of thiophene rings is 1. The van der Waals surface area contributed by atoms with Gasteiger partial charge in [0.2, 0.25) is 5.91 Å². The predicted octanol–water partition coefficient (Wildman–Crippen LogP) is 1.06. The molecule has 2 aliphatic heterocycles. The molecule has 0 atom stereocenters. The second-order valence-electron chi connectivity index (χ2n) is 8.04. The summed E-state index contributed by atoms with van der Waals surface area (Å²) in [4.78, 5) is 23.0. The van der Waals surface area contributed by atoms with Gasteiger partial charge in [0.15, 0.2) is 5.96 Å². The van der Waals surface area contributed by atoms with Crippen molar-refractivity contribution < 1.29 is 9.53 Å². The molecule has 3 heterocycles. The molecule has 0 spiro atoms. The highest BCUT2D eigenvalue weighted by atomic mass is 32.1. The van der Waals surface area contributed by atoms with Crippen LogP contribution in [0.3, 0.4) is 0 Å². The molecular weight excluding hydrogens is 400 g/mol. The molecule has 8 nitrogen and oxygen atoms in total. The number of nitrogens with one attached hydrogen (secondary N) is 2. The Hall–Kier alpha value is -1.84. The highest BCUT2D eigenvalue weighted by Crippen LogP contribution is 2.24. The van der Waals surface area contributed by atoms with Crippen molar-refractivity contribution in [1.29, 1.82) is 0 Å². The van der Waals surface area contributed by atoms with E-state index in [-0.39, 0.29) is 12.5 Å². The van der Waals surface area contributed by atoms with Gasteiger partial charge in [-0.3, -0.25) is 9.69 Å². The number of piperidine rings is 1. The van der Waals surface area contributed by atoms with Crippen LogP contribution in [0.15, 0.2) is 22.5 Å². The van der Waals surface area contributed by atoms with Crippen molar-refractivity contribution in [2.24, 2.45) is 4.99 Å². The maximum Gasteiger partial charge on any atom is 0.243 e. The van der Waals surface area contributed by atoms with Crippen LogP contribution in [0.2, 0.25) is 0 Å². The molecule has 1 aromatic rings. The summed E-state index contributed by atoms with van der Waals surface area (Å²) in [5.74, 6) is 0.763. The summed E-state index contributed by atoms with van der Waals surface area (Å²) in [6.07, 6.45) is 3.17. The van der Waals surface area contributed by atoms with E-state index in [1.807, 2.05) is 0 Å². The van der Waals surface area contributed by atoms with Gasteiger partial charge in [0.25, 0.3) is 0 Å². The van der Waals surface area contributed by atoms with Gasteiger partial charge < -0.3 is 25.2 Å². The van der Waals surface area contributed by atoms with Crippen molar-refractivity contribution >= 4 is 28.2 Å². The molecule has 2 saturated heterocycles. The van der Waals surface area contributed by atoms with Gasteiger partial charge in [0, 0.05) is 52.9 Å². The lowest BCUT2D eigenvalue weighted by Crippen LogP contribution is -2.49. The number of morpholine rings is 1. The normalized spacial score (nSPS) is 19.0. The molecule has 168 valence electrons. The monoisotopic (exact) mass is 436 g/mol. The van der Waals surface area contributed by atoms with Crippen LogP contribution in [0, 0.1) is 0 Å². The number of carbonyl (C=O) groups is 1. The van der Waals surface area contributed by atoms with E-state index in [9.17, 15) is 4.79 Å². The molecule has 0 aliphatic carbocycles. The lowest BCUT2D eigenvalue weighted by atomic mass is 10.1. The van der Waals surface area contributed by atoms with E-state index < -0.39 is 0 Å². The number of rotatable bonds is 8. The lowest BCUT2D eigenvalue weighted by Gasteiger charge is -2.33. The number of ether oxygens (including phenoxy) is 1. The molecule has 0 bridgehead atoms. The first-order chi connectivity index (χ1) is 14.6. The highest BCUT2D eigenvalue weighted by Gasteiger charge is 2.21. The average molecular weight is 437 g/mol. The molecule has 1 aromatic heterocycles. The van der Waals surface area contributed by atoms with Gasteiger partial charge in [-0.25, -0.2) is 4.99 Å². The van der Waals surface area contributed by atoms with Gasteiger partial charge in [-0.15, -0.1) is 11.3 Å². The minimum absolute atomic E-state index is 0.0110. The molecule has 2 aliphatic rings. The van der Waals surface area contributed by atoms with E-state index >= 15 is 0 Å². The number of amides is 1. The van der Waals surface area contributed by atoms with E-state index in [0.717, 1.165) is 77.7 Å². The summed E-state index contributed by atoms with van der Waals surface area (Å²) in [5, 5.41) is 10.5. The largest absolute Gasteiger partial charge is 0.379 e. The number of guanidine groups is 1. The van der Waals surface area contributed by atoms with E-state index in [4.69, 9.17) is 4.74 Å². The van der Waals surface area contributed by atoms with Gasteiger partial charge in [0.05, 0.1) is 18.2 Å². The quantitative estimate of drug-likeness (QED) is 0.361. The van der Waals surface area contributed by atoms with E-state index in [2.05, 4.69) is 42.9 Å². The van der Waals surface area contributed by atoms with Crippen LogP contribution in [0.4, 0.5) is 5.00 Å². The zero-order valence-corrected chi connectivity index (χ0v) is 19.1. The summed E-state index contributed by atoms with van der Waals surface area (Å²) in [6, 6.07) is 4.67. The Morgan fingerprint density at radius 1 is 1.27 bits per heavy atom. The van der Waals surface area contributed by atoms with Crippen molar-refractivity contribution in [1.82, 2.24) is 20.4 Å². The van der Waals surface area contributed by atoms with Crippen LogP contribution >= 0.6 is 11.3 Å². The molecule has 2 N–H and O–H groups in total.